The first-order valence-electron chi connectivity index (χ1n) is 9.46. The van der Waals surface area contributed by atoms with Gasteiger partial charge in [-0.05, 0) is 30.2 Å². The molecule has 10 nitrogen and oxygen atoms in total. The molecule has 1 atom stereocenters. The number of ether oxygens (including phenoxy) is 3. The average molecular weight is 410 g/mol. The van der Waals surface area contributed by atoms with Crippen LogP contribution in [0.25, 0.3) is 5.95 Å². The summed E-state index contributed by atoms with van der Waals surface area (Å²) in [5.74, 6) is 2.27. The maximum atomic E-state index is 12.7. The van der Waals surface area contributed by atoms with Gasteiger partial charge in [-0.1, -0.05) is 6.07 Å². The maximum Gasteiger partial charge on any atom is 0.244 e. The van der Waals surface area contributed by atoms with Gasteiger partial charge < -0.3 is 24.8 Å². The molecule has 0 bridgehead atoms. The van der Waals surface area contributed by atoms with Crippen molar-refractivity contribution in [2.45, 2.75) is 12.5 Å². The van der Waals surface area contributed by atoms with Crippen molar-refractivity contribution in [3.05, 3.63) is 54.7 Å². The first-order valence-corrected chi connectivity index (χ1v) is 9.46. The first kappa shape index (κ1) is 19.6. The molecular formula is C20H22N6O4. The van der Waals surface area contributed by atoms with Crippen molar-refractivity contribution >= 4 is 11.7 Å². The van der Waals surface area contributed by atoms with E-state index >= 15 is 0 Å². The molecule has 0 saturated heterocycles. The van der Waals surface area contributed by atoms with Crippen LogP contribution in [0.2, 0.25) is 0 Å². The summed E-state index contributed by atoms with van der Waals surface area (Å²) in [5, 5.41) is 6.04. The van der Waals surface area contributed by atoms with E-state index in [0.717, 1.165) is 17.1 Å². The molecule has 3 aromatic rings. The van der Waals surface area contributed by atoms with Gasteiger partial charge in [-0.2, -0.15) is 4.98 Å². The van der Waals surface area contributed by atoms with Crippen LogP contribution in [0.3, 0.4) is 0 Å². The number of hydrogen-bond acceptors (Lipinski definition) is 8. The number of fused-ring (bicyclic) bond motifs is 1. The van der Waals surface area contributed by atoms with Crippen LogP contribution in [0.5, 0.6) is 11.5 Å². The zero-order chi connectivity index (χ0) is 20.8. The highest BCUT2D eigenvalue weighted by Gasteiger charge is 2.19. The molecule has 156 valence electrons. The molecule has 0 spiro atoms. The number of methoxy groups -OCH3 is 1. The number of nitrogens with zero attached hydrogens (tertiary/aromatic N) is 4. The van der Waals surface area contributed by atoms with Gasteiger partial charge in [0.2, 0.25) is 18.6 Å². The average Bonchev–Trinajstić information content (AvgIpc) is 3.45. The third-order valence-corrected chi connectivity index (χ3v) is 4.50. The minimum Gasteiger partial charge on any atom is -0.454 e. The van der Waals surface area contributed by atoms with Crippen molar-refractivity contribution < 1.29 is 19.0 Å². The molecule has 4 rings (SSSR count). The molecule has 3 heterocycles. The number of hydrogen-bond donors (Lipinski definition) is 2. The second-order valence-corrected chi connectivity index (χ2v) is 6.59. The predicted octanol–water partition coefficient (Wildman–Crippen LogP) is 1.18. The van der Waals surface area contributed by atoms with Crippen LogP contribution in [0.15, 0.2) is 49.2 Å². The van der Waals surface area contributed by atoms with Gasteiger partial charge >= 0.3 is 0 Å². The Kier molecular flexibility index (Phi) is 6.04. The van der Waals surface area contributed by atoms with E-state index in [4.69, 9.17) is 14.2 Å². The number of anilines is 1. The lowest BCUT2D eigenvalue weighted by atomic mass is 10.1. The smallest absolute Gasteiger partial charge is 0.244 e. The normalized spacial score (nSPS) is 13.1. The number of carbonyl (C=O) groups is 1. The van der Waals surface area contributed by atoms with E-state index in [0.29, 0.717) is 24.7 Å². The molecule has 1 aliphatic rings. The molecule has 10 heteroatoms. The van der Waals surface area contributed by atoms with E-state index in [1.54, 1.807) is 42.7 Å². The lowest BCUT2D eigenvalue weighted by Crippen LogP contribution is -2.43. The number of amides is 1. The monoisotopic (exact) mass is 410 g/mol. The minimum atomic E-state index is -0.600. The Hall–Kier alpha value is -3.66. The summed E-state index contributed by atoms with van der Waals surface area (Å²) in [7, 11) is 1.55. The molecule has 1 unspecified atom stereocenters. The van der Waals surface area contributed by atoms with E-state index in [2.05, 4.69) is 25.6 Å². The predicted molar refractivity (Wildman–Crippen MR) is 108 cm³/mol. The quantitative estimate of drug-likeness (QED) is 0.541. The molecule has 30 heavy (non-hydrogen) atoms. The van der Waals surface area contributed by atoms with Crippen LogP contribution < -0.4 is 20.1 Å². The Balaban J connectivity index is 1.34. The largest absolute Gasteiger partial charge is 0.454 e. The van der Waals surface area contributed by atoms with Crippen molar-refractivity contribution in [1.82, 2.24) is 24.8 Å². The zero-order valence-corrected chi connectivity index (χ0v) is 16.4. The van der Waals surface area contributed by atoms with Gasteiger partial charge in [-0.15, -0.1) is 0 Å². The third kappa shape index (κ3) is 4.66. The summed E-state index contributed by atoms with van der Waals surface area (Å²) < 4.78 is 17.6. The van der Waals surface area contributed by atoms with E-state index < -0.39 is 6.04 Å². The van der Waals surface area contributed by atoms with Crippen LogP contribution in [-0.4, -0.2) is 58.5 Å². The fourth-order valence-corrected chi connectivity index (χ4v) is 3.01. The van der Waals surface area contributed by atoms with Crippen molar-refractivity contribution in [3.8, 4) is 17.4 Å². The molecule has 0 aliphatic carbocycles. The Morgan fingerprint density at radius 2 is 2.17 bits per heavy atom. The summed E-state index contributed by atoms with van der Waals surface area (Å²) in [5.41, 5.74) is 1.05. The van der Waals surface area contributed by atoms with Crippen LogP contribution >= 0.6 is 0 Å². The summed E-state index contributed by atoms with van der Waals surface area (Å²) in [4.78, 5) is 25.3. The third-order valence-electron chi connectivity index (χ3n) is 4.50. The van der Waals surface area contributed by atoms with Crippen molar-refractivity contribution in [3.63, 3.8) is 0 Å². The van der Waals surface area contributed by atoms with E-state index in [1.807, 2.05) is 18.2 Å². The van der Waals surface area contributed by atoms with Gasteiger partial charge in [0.25, 0.3) is 0 Å². The lowest BCUT2D eigenvalue weighted by molar-refractivity contribution is -0.122. The number of nitrogens with one attached hydrogen (secondary N) is 2. The lowest BCUT2D eigenvalue weighted by Gasteiger charge is -2.18. The molecular weight excluding hydrogens is 388 g/mol. The Bertz CT molecular complexity index is 995. The first-order chi connectivity index (χ1) is 14.7. The van der Waals surface area contributed by atoms with Gasteiger partial charge in [-0.25, -0.2) is 9.97 Å². The minimum absolute atomic E-state index is 0.180. The SMILES string of the molecule is COCC(Nc1ccnc(-n2ccnc2)n1)C(=O)NCCc1ccc2c(c1)OCO2. The Morgan fingerprint density at radius 3 is 3.00 bits per heavy atom. The highest BCUT2D eigenvalue weighted by molar-refractivity contribution is 5.84. The molecule has 0 fully saturated rings. The number of benzene rings is 1. The fourth-order valence-electron chi connectivity index (χ4n) is 3.01. The van der Waals surface area contributed by atoms with Crippen molar-refractivity contribution in [2.24, 2.45) is 0 Å². The number of rotatable bonds is 9. The Morgan fingerprint density at radius 1 is 1.27 bits per heavy atom. The highest BCUT2D eigenvalue weighted by atomic mass is 16.7. The maximum absolute atomic E-state index is 12.7. The molecule has 2 aromatic heterocycles. The number of imidazole rings is 1. The van der Waals surface area contributed by atoms with E-state index in [9.17, 15) is 4.79 Å². The van der Waals surface area contributed by atoms with Crippen molar-refractivity contribution in [1.29, 1.82) is 0 Å². The van der Waals surface area contributed by atoms with Crippen LogP contribution in [-0.2, 0) is 16.0 Å². The number of carbonyl (C=O) groups excluding carboxylic acids is 1. The van der Waals surface area contributed by atoms with Gasteiger partial charge in [0.05, 0.1) is 6.61 Å². The highest BCUT2D eigenvalue weighted by Crippen LogP contribution is 2.32. The van der Waals surface area contributed by atoms with Gasteiger partial charge in [0.15, 0.2) is 11.5 Å². The van der Waals surface area contributed by atoms with Crippen LogP contribution in [0.4, 0.5) is 5.82 Å². The fraction of sp³-hybridized carbons (Fsp3) is 0.300. The second-order valence-electron chi connectivity index (χ2n) is 6.59. The van der Waals surface area contributed by atoms with E-state index in [1.165, 1.54) is 0 Å². The molecule has 0 saturated carbocycles. The molecule has 1 amide bonds. The second kappa shape index (κ2) is 9.23. The van der Waals surface area contributed by atoms with E-state index in [-0.39, 0.29) is 19.3 Å². The summed E-state index contributed by atoms with van der Waals surface area (Å²) >= 11 is 0. The van der Waals surface area contributed by atoms with Gasteiger partial charge in [0.1, 0.15) is 18.2 Å². The zero-order valence-electron chi connectivity index (χ0n) is 16.4. The van der Waals surface area contributed by atoms with Crippen LogP contribution in [0, 0.1) is 0 Å². The summed E-state index contributed by atoms with van der Waals surface area (Å²) in [6.07, 6.45) is 7.28. The molecule has 1 aliphatic heterocycles. The standard InChI is InChI=1S/C20H22N6O4/c1-28-11-15(24-18-5-7-23-20(25-18)26-9-8-21-12-26)19(27)22-6-4-14-2-3-16-17(10-14)30-13-29-16/h2-3,5,7-10,12,15H,4,6,11,13H2,1H3,(H,22,27)(H,23,24,25). The van der Waals surface area contributed by atoms with Crippen molar-refractivity contribution in [2.75, 3.05) is 32.4 Å². The summed E-state index contributed by atoms with van der Waals surface area (Å²) in [6.45, 7) is 0.913. The van der Waals surface area contributed by atoms with Gasteiger partial charge in [0, 0.05) is 32.2 Å². The summed E-state index contributed by atoms with van der Waals surface area (Å²) in [6, 6.07) is 6.86. The van der Waals surface area contributed by atoms with Crippen LogP contribution in [0.1, 0.15) is 5.56 Å². The molecule has 0 radical (unpaired) electrons. The molecule has 1 aromatic carbocycles. The number of aromatic nitrogens is 4. The van der Waals surface area contributed by atoms with Gasteiger partial charge in [-0.3, -0.25) is 9.36 Å². The Labute approximate surface area is 173 Å². The topological polar surface area (TPSA) is 112 Å². The molecule has 2 N–H and O–H groups in total.